The van der Waals surface area contributed by atoms with Gasteiger partial charge in [0, 0.05) is 12.0 Å². The first kappa shape index (κ1) is 8.28. The quantitative estimate of drug-likeness (QED) is 0.631. The van der Waals surface area contributed by atoms with Gasteiger partial charge in [0.25, 0.3) is 0 Å². The van der Waals surface area contributed by atoms with Crippen LogP contribution >= 0.6 is 0 Å². The maximum absolute atomic E-state index is 10.6. The number of hydrogen-bond donors (Lipinski definition) is 0. The topological polar surface area (TPSA) is 60.7 Å². The molecular weight excluding hydrogens is 192 g/mol. The standard InChI is InChI=1S/C10H8N4O/c15-6-7-1-3-9-8(5-7)2-4-10-11-12-13-14(9)10/h1,3,5-6H,2,4H2. The highest BCUT2D eigenvalue weighted by Crippen LogP contribution is 2.22. The molecule has 2 heterocycles. The van der Waals surface area contributed by atoms with Crippen LogP contribution in [0.3, 0.4) is 0 Å². The molecule has 5 nitrogen and oxygen atoms in total. The summed E-state index contributed by atoms with van der Waals surface area (Å²) in [5.74, 6) is 0.876. The lowest BCUT2D eigenvalue weighted by Gasteiger charge is -2.15. The number of fused-ring (bicyclic) bond motifs is 3. The normalized spacial score (nSPS) is 13.1. The summed E-state index contributed by atoms with van der Waals surface area (Å²) in [6.45, 7) is 0. The number of rotatable bonds is 1. The Hall–Kier alpha value is -2.04. The van der Waals surface area contributed by atoms with E-state index < -0.39 is 0 Å². The number of carbonyl (C=O) groups is 1. The second-order valence-corrected chi connectivity index (χ2v) is 3.51. The second kappa shape index (κ2) is 2.98. The Morgan fingerprint density at radius 3 is 3.13 bits per heavy atom. The fourth-order valence-corrected chi connectivity index (χ4v) is 1.88. The van der Waals surface area contributed by atoms with Crippen molar-refractivity contribution in [1.82, 2.24) is 20.2 Å². The van der Waals surface area contributed by atoms with E-state index in [0.717, 1.165) is 36.2 Å². The van der Waals surface area contributed by atoms with Crippen molar-refractivity contribution in [3.05, 3.63) is 35.2 Å². The number of nitrogens with zero attached hydrogens (tertiary/aromatic N) is 4. The molecule has 0 unspecified atom stereocenters. The van der Waals surface area contributed by atoms with Gasteiger partial charge in [0.2, 0.25) is 0 Å². The highest BCUT2D eigenvalue weighted by Gasteiger charge is 2.18. The number of carbonyl (C=O) groups excluding carboxylic acids is 1. The van der Waals surface area contributed by atoms with Gasteiger partial charge in [-0.2, -0.15) is 4.68 Å². The fourth-order valence-electron chi connectivity index (χ4n) is 1.88. The van der Waals surface area contributed by atoms with Crippen molar-refractivity contribution in [3.8, 4) is 5.69 Å². The maximum Gasteiger partial charge on any atom is 0.157 e. The zero-order valence-corrected chi connectivity index (χ0v) is 7.92. The van der Waals surface area contributed by atoms with Gasteiger partial charge in [-0.25, -0.2) is 0 Å². The van der Waals surface area contributed by atoms with Crippen LogP contribution in [0.5, 0.6) is 0 Å². The molecule has 1 aliphatic heterocycles. The van der Waals surface area contributed by atoms with E-state index in [1.165, 1.54) is 0 Å². The molecule has 1 aliphatic rings. The van der Waals surface area contributed by atoms with Crippen LogP contribution in [-0.2, 0) is 12.8 Å². The number of aryl methyl sites for hydroxylation is 2. The van der Waals surface area contributed by atoms with Gasteiger partial charge in [-0.3, -0.25) is 4.79 Å². The van der Waals surface area contributed by atoms with E-state index in [1.54, 1.807) is 10.7 Å². The molecule has 15 heavy (non-hydrogen) atoms. The summed E-state index contributed by atoms with van der Waals surface area (Å²) in [6.07, 6.45) is 2.56. The molecule has 0 aliphatic carbocycles. The lowest BCUT2D eigenvalue weighted by molar-refractivity contribution is 0.112. The van der Waals surface area contributed by atoms with Crippen LogP contribution in [0.1, 0.15) is 21.7 Å². The molecule has 0 amide bonds. The van der Waals surface area contributed by atoms with E-state index in [2.05, 4.69) is 15.5 Å². The molecular formula is C10H8N4O. The summed E-state index contributed by atoms with van der Waals surface area (Å²) >= 11 is 0. The van der Waals surface area contributed by atoms with Crippen LogP contribution in [0.15, 0.2) is 18.2 Å². The van der Waals surface area contributed by atoms with Gasteiger partial charge >= 0.3 is 0 Å². The molecule has 1 aromatic heterocycles. The Morgan fingerprint density at radius 1 is 1.33 bits per heavy atom. The summed E-state index contributed by atoms with van der Waals surface area (Å²) in [7, 11) is 0. The predicted octanol–water partition coefficient (Wildman–Crippen LogP) is 0.573. The van der Waals surface area contributed by atoms with Gasteiger partial charge in [0.1, 0.15) is 6.29 Å². The first-order chi connectivity index (χ1) is 7.38. The number of aromatic nitrogens is 4. The lowest BCUT2D eigenvalue weighted by atomic mass is 10.0. The minimum Gasteiger partial charge on any atom is -0.298 e. The molecule has 2 aromatic rings. The number of tetrazole rings is 1. The highest BCUT2D eigenvalue weighted by atomic mass is 16.1. The van der Waals surface area contributed by atoms with E-state index in [0.29, 0.717) is 5.56 Å². The monoisotopic (exact) mass is 200 g/mol. The van der Waals surface area contributed by atoms with Gasteiger partial charge in [0.15, 0.2) is 5.82 Å². The number of aldehydes is 1. The lowest BCUT2D eigenvalue weighted by Crippen LogP contribution is -2.13. The first-order valence-electron chi connectivity index (χ1n) is 4.74. The van der Waals surface area contributed by atoms with Crippen molar-refractivity contribution in [2.45, 2.75) is 12.8 Å². The molecule has 3 rings (SSSR count). The average Bonchev–Trinajstić information content (AvgIpc) is 2.76. The third-order valence-electron chi connectivity index (χ3n) is 2.62. The Bertz CT molecular complexity index is 532. The van der Waals surface area contributed by atoms with Crippen molar-refractivity contribution in [2.24, 2.45) is 0 Å². The van der Waals surface area contributed by atoms with E-state index in [4.69, 9.17) is 0 Å². The first-order valence-corrected chi connectivity index (χ1v) is 4.74. The van der Waals surface area contributed by atoms with Gasteiger partial charge in [0.05, 0.1) is 5.69 Å². The number of hydrogen-bond acceptors (Lipinski definition) is 4. The van der Waals surface area contributed by atoms with Crippen LogP contribution in [0.25, 0.3) is 5.69 Å². The molecule has 0 fully saturated rings. The molecule has 0 N–H and O–H groups in total. The van der Waals surface area contributed by atoms with Gasteiger partial charge in [-0.05, 0) is 40.6 Å². The molecule has 1 aromatic carbocycles. The van der Waals surface area contributed by atoms with Crippen LogP contribution < -0.4 is 0 Å². The Balaban J connectivity index is 2.22. The van der Waals surface area contributed by atoms with Crippen LogP contribution in [0.4, 0.5) is 0 Å². The average molecular weight is 200 g/mol. The Labute approximate surface area is 85.7 Å². The van der Waals surface area contributed by atoms with E-state index in [-0.39, 0.29) is 0 Å². The molecule has 0 bridgehead atoms. The van der Waals surface area contributed by atoms with Gasteiger partial charge in [-0.1, -0.05) is 0 Å². The third-order valence-corrected chi connectivity index (χ3v) is 2.62. The zero-order valence-electron chi connectivity index (χ0n) is 7.92. The predicted molar refractivity (Wildman–Crippen MR) is 51.9 cm³/mol. The van der Waals surface area contributed by atoms with Crippen LogP contribution in [0.2, 0.25) is 0 Å². The van der Waals surface area contributed by atoms with E-state index in [1.807, 2.05) is 12.1 Å². The minimum absolute atomic E-state index is 0.699. The van der Waals surface area contributed by atoms with Crippen molar-refractivity contribution in [2.75, 3.05) is 0 Å². The minimum atomic E-state index is 0.699. The smallest absolute Gasteiger partial charge is 0.157 e. The van der Waals surface area contributed by atoms with Crippen LogP contribution in [0, 0.1) is 0 Å². The second-order valence-electron chi connectivity index (χ2n) is 3.51. The Kier molecular flexibility index (Phi) is 1.65. The van der Waals surface area contributed by atoms with Crippen molar-refractivity contribution < 1.29 is 4.79 Å². The molecule has 0 saturated carbocycles. The summed E-state index contributed by atoms with van der Waals surface area (Å²) in [5, 5.41) is 11.5. The van der Waals surface area contributed by atoms with Crippen molar-refractivity contribution >= 4 is 6.29 Å². The molecule has 0 saturated heterocycles. The molecule has 74 valence electrons. The van der Waals surface area contributed by atoms with Crippen molar-refractivity contribution in [1.29, 1.82) is 0 Å². The zero-order chi connectivity index (χ0) is 10.3. The summed E-state index contributed by atoms with van der Waals surface area (Å²) in [4.78, 5) is 10.6. The maximum atomic E-state index is 10.6. The highest BCUT2D eigenvalue weighted by molar-refractivity contribution is 5.76. The SMILES string of the molecule is O=Cc1ccc2c(c1)CCc1nnnn1-2. The third kappa shape index (κ3) is 1.16. The van der Waals surface area contributed by atoms with Crippen LogP contribution in [-0.4, -0.2) is 26.5 Å². The summed E-state index contributed by atoms with van der Waals surface area (Å²) < 4.78 is 1.73. The summed E-state index contributed by atoms with van der Waals surface area (Å²) in [6, 6.07) is 5.56. The molecule has 0 spiro atoms. The largest absolute Gasteiger partial charge is 0.298 e. The van der Waals surface area contributed by atoms with E-state index >= 15 is 0 Å². The van der Waals surface area contributed by atoms with E-state index in [9.17, 15) is 4.79 Å². The Morgan fingerprint density at radius 2 is 2.27 bits per heavy atom. The molecule has 0 radical (unpaired) electrons. The van der Waals surface area contributed by atoms with Crippen molar-refractivity contribution in [3.63, 3.8) is 0 Å². The fraction of sp³-hybridized carbons (Fsp3) is 0.200. The molecule has 0 atom stereocenters. The number of benzene rings is 1. The van der Waals surface area contributed by atoms with Gasteiger partial charge < -0.3 is 0 Å². The molecule has 5 heteroatoms. The summed E-state index contributed by atoms with van der Waals surface area (Å²) in [5.41, 5.74) is 2.80. The van der Waals surface area contributed by atoms with Gasteiger partial charge in [-0.15, -0.1) is 5.10 Å².